The molecule has 176 valence electrons. The third-order valence-electron chi connectivity index (χ3n) is 5.92. The fourth-order valence-electron chi connectivity index (χ4n) is 4.62. The summed E-state index contributed by atoms with van der Waals surface area (Å²) in [6, 6.07) is 6.57. The van der Waals surface area contributed by atoms with Crippen LogP contribution in [0.5, 0.6) is 6.01 Å². The van der Waals surface area contributed by atoms with Gasteiger partial charge in [0.15, 0.2) is 5.65 Å². The summed E-state index contributed by atoms with van der Waals surface area (Å²) in [6.07, 6.45) is 5.49. The molecule has 0 saturated carbocycles. The Labute approximate surface area is 205 Å². The summed E-state index contributed by atoms with van der Waals surface area (Å²) >= 11 is 3.55. The second-order valence-corrected chi connectivity index (χ2v) is 9.62. The second-order valence-electron chi connectivity index (χ2n) is 8.77. The van der Waals surface area contributed by atoms with Crippen LogP contribution in [-0.4, -0.2) is 57.5 Å². The number of methoxy groups -OCH3 is 1. The fraction of sp³-hybridized carbons (Fsp3) is 0.333. The molecule has 1 amide bonds. The van der Waals surface area contributed by atoms with Crippen molar-refractivity contribution in [2.45, 2.75) is 32.9 Å². The Morgan fingerprint density at radius 1 is 1.21 bits per heavy atom. The lowest BCUT2D eigenvalue weighted by atomic mass is 10.0. The lowest BCUT2D eigenvalue weighted by Crippen LogP contribution is -2.54. The number of aromatic nitrogens is 4. The van der Waals surface area contributed by atoms with Crippen LogP contribution in [0, 0.1) is 6.92 Å². The quantitative estimate of drug-likeness (QED) is 0.419. The van der Waals surface area contributed by atoms with E-state index in [0.29, 0.717) is 28.9 Å². The van der Waals surface area contributed by atoms with Gasteiger partial charge in [-0.15, -0.1) is 0 Å². The Hall–Kier alpha value is -3.24. The molecule has 1 saturated heterocycles. The molecule has 1 aliphatic rings. The van der Waals surface area contributed by atoms with E-state index in [1.807, 2.05) is 41.9 Å². The van der Waals surface area contributed by atoms with Gasteiger partial charge >= 0.3 is 6.01 Å². The third kappa shape index (κ3) is 4.19. The summed E-state index contributed by atoms with van der Waals surface area (Å²) in [5.41, 5.74) is 4.35. The van der Waals surface area contributed by atoms with Gasteiger partial charge in [0.1, 0.15) is 0 Å². The van der Waals surface area contributed by atoms with Crippen LogP contribution in [0.4, 0.5) is 11.4 Å². The summed E-state index contributed by atoms with van der Waals surface area (Å²) < 4.78 is 7.95. The summed E-state index contributed by atoms with van der Waals surface area (Å²) in [6.45, 7) is 7.98. The number of benzene rings is 1. The average molecular weight is 524 g/mol. The van der Waals surface area contributed by atoms with Crippen molar-refractivity contribution in [2.24, 2.45) is 0 Å². The van der Waals surface area contributed by atoms with E-state index in [-0.39, 0.29) is 11.9 Å². The average Bonchev–Trinajstić information content (AvgIpc) is 3.18. The molecule has 1 fully saturated rings. The number of fused-ring (bicyclic) bond motifs is 2. The topological polar surface area (TPSA) is 96.7 Å². The highest BCUT2D eigenvalue weighted by atomic mass is 79.9. The Morgan fingerprint density at radius 3 is 2.71 bits per heavy atom. The van der Waals surface area contributed by atoms with E-state index < -0.39 is 0 Å². The van der Waals surface area contributed by atoms with Gasteiger partial charge in [0.25, 0.3) is 5.91 Å². The number of nitrogens with zero attached hydrogens (tertiary/aromatic N) is 5. The van der Waals surface area contributed by atoms with E-state index >= 15 is 0 Å². The maximum Gasteiger partial charge on any atom is 0.316 e. The van der Waals surface area contributed by atoms with Crippen LogP contribution in [0.25, 0.3) is 16.6 Å². The third-order valence-corrected chi connectivity index (χ3v) is 6.50. The van der Waals surface area contributed by atoms with Gasteiger partial charge in [-0.1, -0.05) is 0 Å². The number of anilines is 2. The van der Waals surface area contributed by atoms with E-state index in [0.717, 1.165) is 40.0 Å². The fourth-order valence-corrected chi connectivity index (χ4v) is 5.16. The van der Waals surface area contributed by atoms with Gasteiger partial charge in [-0.05, 0) is 54.9 Å². The SMILES string of the molecule is COc1ncc2c(N3C[C@@H](C)N[C@@H](C)C3)ccc(C(=O)Nc3cc(Br)c4nc(C)cn4c3)c2n1. The predicted molar refractivity (Wildman–Crippen MR) is 136 cm³/mol. The number of hydrogen-bond donors (Lipinski definition) is 2. The Balaban J connectivity index is 1.54. The van der Waals surface area contributed by atoms with Crippen molar-refractivity contribution < 1.29 is 9.53 Å². The minimum Gasteiger partial charge on any atom is -0.467 e. The molecular formula is C24H26BrN7O2. The van der Waals surface area contributed by atoms with Crippen LogP contribution in [0.3, 0.4) is 0 Å². The van der Waals surface area contributed by atoms with Crippen molar-refractivity contribution in [3.8, 4) is 6.01 Å². The molecule has 0 unspecified atom stereocenters. The first kappa shape index (κ1) is 22.5. The number of halogens is 1. The normalized spacial score (nSPS) is 18.4. The van der Waals surface area contributed by atoms with Gasteiger partial charge < -0.3 is 24.7 Å². The van der Waals surface area contributed by atoms with Gasteiger partial charge in [-0.25, -0.2) is 9.97 Å². The molecule has 4 aromatic rings. The lowest BCUT2D eigenvalue weighted by Gasteiger charge is -2.38. The van der Waals surface area contributed by atoms with Crippen molar-refractivity contribution in [1.29, 1.82) is 0 Å². The molecule has 10 heteroatoms. The number of ether oxygens (including phenoxy) is 1. The van der Waals surface area contributed by atoms with Crippen LogP contribution in [0.15, 0.2) is 41.3 Å². The van der Waals surface area contributed by atoms with Crippen molar-refractivity contribution in [3.63, 3.8) is 0 Å². The minimum atomic E-state index is -0.262. The van der Waals surface area contributed by atoms with E-state index in [2.05, 4.69) is 60.3 Å². The molecule has 0 aliphatic carbocycles. The first-order valence-electron chi connectivity index (χ1n) is 11.1. The zero-order valence-electron chi connectivity index (χ0n) is 19.5. The summed E-state index contributed by atoms with van der Waals surface area (Å²) in [7, 11) is 1.52. The van der Waals surface area contributed by atoms with E-state index in [4.69, 9.17) is 4.74 Å². The zero-order valence-corrected chi connectivity index (χ0v) is 21.0. The van der Waals surface area contributed by atoms with Gasteiger partial charge in [0.05, 0.1) is 34.0 Å². The molecule has 0 radical (unpaired) electrons. The number of amides is 1. The number of nitrogens with one attached hydrogen (secondary N) is 2. The maximum atomic E-state index is 13.4. The first-order valence-corrected chi connectivity index (χ1v) is 11.9. The van der Waals surface area contributed by atoms with E-state index in [1.165, 1.54) is 7.11 Å². The molecule has 5 rings (SSSR count). The highest BCUT2D eigenvalue weighted by Crippen LogP contribution is 2.31. The molecule has 2 N–H and O–H groups in total. The Kier molecular flexibility index (Phi) is 5.86. The van der Waals surface area contributed by atoms with E-state index in [9.17, 15) is 4.79 Å². The molecule has 0 bridgehead atoms. The van der Waals surface area contributed by atoms with Crippen molar-refractivity contribution in [1.82, 2.24) is 24.7 Å². The number of aryl methyl sites for hydroxylation is 1. The van der Waals surface area contributed by atoms with Crippen LogP contribution >= 0.6 is 15.9 Å². The number of piperazine rings is 1. The first-order chi connectivity index (χ1) is 16.3. The summed E-state index contributed by atoms with van der Waals surface area (Å²) in [5.74, 6) is -0.262. The number of hydrogen-bond acceptors (Lipinski definition) is 7. The van der Waals surface area contributed by atoms with Crippen LogP contribution in [0.1, 0.15) is 29.9 Å². The molecule has 4 heterocycles. The minimum absolute atomic E-state index is 0.221. The predicted octanol–water partition coefficient (Wildman–Crippen LogP) is 3.80. The summed E-state index contributed by atoms with van der Waals surface area (Å²) in [5, 5.41) is 7.37. The highest BCUT2D eigenvalue weighted by molar-refractivity contribution is 9.10. The molecular weight excluding hydrogens is 498 g/mol. The number of carbonyl (C=O) groups is 1. The second kappa shape index (κ2) is 8.84. The summed E-state index contributed by atoms with van der Waals surface area (Å²) in [4.78, 5) is 29.1. The number of carbonyl (C=O) groups excluding carboxylic acids is 1. The maximum absolute atomic E-state index is 13.4. The molecule has 1 aromatic carbocycles. The van der Waals surface area contributed by atoms with Gasteiger partial charge in [-0.2, -0.15) is 4.98 Å². The zero-order chi connectivity index (χ0) is 24.0. The lowest BCUT2D eigenvalue weighted by molar-refractivity contribution is 0.102. The number of rotatable bonds is 4. The highest BCUT2D eigenvalue weighted by Gasteiger charge is 2.24. The Bertz CT molecular complexity index is 1390. The molecule has 34 heavy (non-hydrogen) atoms. The molecule has 3 aromatic heterocycles. The van der Waals surface area contributed by atoms with Crippen molar-refractivity contribution >= 4 is 49.8 Å². The molecule has 2 atom stereocenters. The van der Waals surface area contributed by atoms with E-state index in [1.54, 1.807) is 6.20 Å². The smallest absolute Gasteiger partial charge is 0.316 e. The molecule has 9 nitrogen and oxygen atoms in total. The molecule has 0 spiro atoms. The van der Waals surface area contributed by atoms with Crippen molar-refractivity contribution in [2.75, 3.05) is 30.4 Å². The van der Waals surface area contributed by atoms with Crippen LogP contribution in [0.2, 0.25) is 0 Å². The standard InChI is InChI=1S/C24H26BrN7O2/c1-13-9-31(10-14(2)27-13)20-6-5-17(21-18(20)8-26-24(30-21)34-4)23(33)29-16-7-19(25)22-28-15(3)11-32(22)12-16/h5-8,11-14,27H,9-10H2,1-4H3,(H,29,33)/t13-,14+. The van der Waals surface area contributed by atoms with Gasteiger partial charge in [0, 0.05) is 54.8 Å². The van der Waals surface area contributed by atoms with Crippen LogP contribution in [-0.2, 0) is 0 Å². The number of pyridine rings is 1. The monoisotopic (exact) mass is 523 g/mol. The largest absolute Gasteiger partial charge is 0.467 e. The Morgan fingerprint density at radius 2 is 1.97 bits per heavy atom. The van der Waals surface area contributed by atoms with Crippen molar-refractivity contribution in [3.05, 3.63) is 52.5 Å². The molecule has 1 aliphatic heterocycles. The van der Waals surface area contributed by atoms with Crippen LogP contribution < -0.4 is 20.3 Å². The van der Waals surface area contributed by atoms with Gasteiger partial charge in [-0.3, -0.25) is 4.79 Å². The number of imidazole rings is 1. The van der Waals surface area contributed by atoms with Gasteiger partial charge in [0.2, 0.25) is 0 Å².